The fourth-order valence-corrected chi connectivity index (χ4v) is 2.38. The maximum absolute atomic E-state index is 13.9. The summed E-state index contributed by atoms with van der Waals surface area (Å²) in [5, 5.41) is 0. The summed E-state index contributed by atoms with van der Waals surface area (Å²) in [6, 6.07) is 6.89. The van der Waals surface area contributed by atoms with Gasteiger partial charge in [0.2, 0.25) is 0 Å². The molecule has 2 atom stereocenters. The summed E-state index contributed by atoms with van der Waals surface area (Å²) in [6.45, 7) is 0. The molecule has 8 heteroatoms. The molecule has 0 aliphatic heterocycles. The quantitative estimate of drug-likeness (QED) is 0.585. The highest BCUT2D eigenvalue weighted by molar-refractivity contribution is 5.75. The topological polar surface area (TPSA) is 52.0 Å². The van der Waals surface area contributed by atoms with E-state index >= 15 is 0 Å². The van der Waals surface area contributed by atoms with Gasteiger partial charge in [-0.2, -0.15) is 0 Å². The summed E-state index contributed by atoms with van der Waals surface area (Å²) in [6.07, 6.45) is -12.1. The molecule has 2 aromatic rings. The molecule has 2 nitrogen and oxygen atoms in total. The number of benzene rings is 2. The highest BCUT2D eigenvalue weighted by Crippen LogP contribution is 2.40. The first-order valence-corrected chi connectivity index (χ1v) is 6.86. The van der Waals surface area contributed by atoms with E-state index in [1.54, 1.807) is 0 Å². The first kappa shape index (κ1) is 18.0. The molecule has 2 rings (SSSR count). The fourth-order valence-electron chi connectivity index (χ4n) is 2.38. The Morgan fingerprint density at radius 3 is 1.21 bits per heavy atom. The SMILES string of the molecule is Nc1ccc(-c2ccc(N)cc2C(F)C(F)F)c(C(F)C(F)F)c1. The van der Waals surface area contributed by atoms with E-state index in [2.05, 4.69) is 0 Å². The summed E-state index contributed by atoms with van der Waals surface area (Å²) < 4.78 is 78.8. The van der Waals surface area contributed by atoms with Gasteiger partial charge < -0.3 is 11.5 Å². The van der Waals surface area contributed by atoms with E-state index in [4.69, 9.17) is 11.5 Å². The number of nitrogen functional groups attached to an aromatic ring is 2. The molecule has 0 aliphatic carbocycles. The van der Waals surface area contributed by atoms with E-state index in [0.29, 0.717) is 0 Å². The van der Waals surface area contributed by atoms with Crippen LogP contribution in [-0.4, -0.2) is 12.9 Å². The largest absolute Gasteiger partial charge is 0.399 e. The second-order valence-electron chi connectivity index (χ2n) is 5.17. The summed E-state index contributed by atoms with van der Waals surface area (Å²) in [4.78, 5) is 0. The molecule has 0 fully saturated rings. The third-order valence-corrected chi connectivity index (χ3v) is 3.48. The second-order valence-corrected chi connectivity index (χ2v) is 5.17. The maximum Gasteiger partial charge on any atom is 0.273 e. The summed E-state index contributed by atoms with van der Waals surface area (Å²) in [5.74, 6) is 0. The number of nitrogens with two attached hydrogens (primary N) is 2. The van der Waals surface area contributed by atoms with Crippen LogP contribution in [0.2, 0.25) is 0 Å². The molecular weight excluding hydrogens is 334 g/mol. The lowest BCUT2D eigenvalue weighted by Gasteiger charge is -2.19. The normalized spacial score (nSPS) is 14.2. The minimum atomic E-state index is -3.35. The van der Waals surface area contributed by atoms with Crippen LogP contribution in [0.4, 0.5) is 37.7 Å². The van der Waals surface area contributed by atoms with Crippen LogP contribution < -0.4 is 11.5 Å². The molecular formula is C16H14F6N2. The van der Waals surface area contributed by atoms with Crippen LogP contribution in [0, 0.1) is 0 Å². The van der Waals surface area contributed by atoms with E-state index in [9.17, 15) is 26.3 Å². The van der Waals surface area contributed by atoms with Gasteiger partial charge in [0.15, 0.2) is 12.3 Å². The highest BCUT2D eigenvalue weighted by Gasteiger charge is 2.29. The van der Waals surface area contributed by atoms with Crippen molar-refractivity contribution in [3.63, 3.8) is 0 Å². The van der Waals surface area contributed by atoms with Crippen molar-refractivity contribution in [2.45, 2.75) is 25.2 Å². The highest BCUT2D eigenvalue weighted by atomic mass is 19.3. The minimum Gasteiger partial charge on any atom is -0.399 e. The monoisotopic (exact) mass is 348 g/mol. The Morgan fingerprint density at radius 2 is 0.917 bits per heavy atom. The zero-order valence-electron chi connectivity index (χ0n) is 12.2. The van der Waals surface area contributed by atoms with Crippen molar-refractivity contribution >= 4 is 11.4 Å². The van der Waals surface area contributed by atoms with Crippen molar-refractivity contribution in [2.75, 3.05) is 11.5 Å². The Morgan fingerprint density at radius 1 is 0.583 bits per heavy atom. The second kappa shape index (κ2) is 7.02. The van der Waals surface area contributed by atoms with Gasteiger partial charge >= 0.3 is 0 Å². The minimum absolute atomic E-state index is 0.0136. The van der Waals surface area contributed by atoms with Crippen LogP contribution in [0.15, 0.2) is 36.4 Å². The van der Waals surface area contributed by atoms with Gasteiger partial charge in [-0.05, 0) is 35.4 Å². The Kier molecular flexibility index (Phi) is 5.26. The number of hydrogen-bond donors (Lipinski definition) is 2. The van der Waals surface area contributed by atoms with Crippen LogP contribution in [0.25, 0.3) is 11.1 Å². The molecule has 130 valence electrons. The average Bonchev–Trinajstić information content (AvgIpc) is 2.53. The molecule has 0 bridgehead atoms. The predicted octanol–water partition coefficient (Wildman–Crippen LogP) is 5.07. The Bertz CT molecular complexity index is 658. The summed E-state index contributed by atoms with van der Waals surface area (Å²) in [7, 11) is 0. The van der Waals surface area contributed by atoms with Crippen molar-refractivity contribution in [1.82, 2.24) is 0 Å². The third kappa shape index (κ3) is 3.58. The zero-order valence-corrected chi connectivity index (χ0v) is 12.2. The van der Waals surface area contributed by atoms with Gasteiger partial charge in [-0.25, -0.2) is 26.3 Å². The van der Waals surface area contributed by atoms with Crippen molar-refractivity contribution in [1.29, 1.82) is 0 Å². The van der Waals surface area contributed by atoms with Gasteiger partial charge in [-0.3, -0.25) is 0 Å². The van der Waals surface area contributed by atoms with E-state index in [1.165, 1.54) is 24.3 Å². The van der Waals surface area contributed by atoms with Crippen LogP contribution in [0.5, 0.6) is 0 Å². The molecule has 2 unspecified atom stereocenters. The lowest BCUT2D eigenvalue weighted by molar-refractivity contribution is 0.0488. The molecule has 0 radical (unpaired) electrons. The molecule has 0 spiro atoms. The molecule has 0 aromatic heterocycles. The van der Waals surface area contributed by atoms with E-state index in [1.807, 2.05) is 0 Å². The van der Waals surface area contributed by atoms with Crippen LogP contribution >= 0.6 is 0 Å². The van der Waals surface area contributed by atoms with Crippen LogP contribution in [0.1, 0.15) is 23.5 Å². The lowest BCUT2D eigenvalue weighted by atomic mass is 9.91. The van der Waals surface area contributed by atoms with Gasteiger partial charge in [-0.1, -0.05) is 12.1 Å². The van der Waals surface area contributed by atoms with Gasteiger partial charge in [0.1, 0.15) is 0 Å². The van der Waals surface area contributed by atoms with Crippen molar-refractivity contribution in [2.24, 2.45) is 0 Å². The molecule has 24 heavy (non-hydrogen) atoms. The van der Waals surface area contributed by atoms with Crippen molar-refractivity contribution in [3.05, 3.63) is 47.5 Å². The number of alkyl halides is 6. The van der Waals surface area contributed by atoms with Gasteiger partial charge in [0, 0.05) is 22.5 Å². The molecule has 0 saturated heterocycles. The smallest absolute Gasteiger partial charge is 0.273 e. The Balaban J connectivity index is 2.69. The van der Waals surface area contributed by atoms with Gasteiger partial charge in [0.05, 0.1) is 0 Å². The molecule has 0 aliphatic rings. The third-order valence-electron chi connectivity index (χ3n) is 3.48. The van der Waals surface area contributed by atoms with Crippen molar-refractivity contribution in [3.8, 4) is 11.1 Å². The number of anilines is 2. The molecule has 0 heterocycles. The van der Waals surface area contributed by atoms with E-state index < -0.39 is 36.3 Å². The zero-order chi connectivity index (χ0) is 18.0. The lowest BCUT2D eigenvalue weighted by Crippen LogP contribution is -2.09. The Labute approximate surface area is 134 Å². The number of rotatable bonds is 5. The number of halogens is 6. The van der Waals surface area contributed by atoms with Crippen LogP contribution in [0.3, 0.4) is 0 Å². The standard InChI is InChI=1S/C16H14F6N2/c17-13(15(19)20)11-5-7(23)1-3-9(11)10-4-2-8(24)6-12(10)14(18)16(21)22/h1-6,13-16H,23-24H2. The molecule has 4 N–H and O–H groups in total. The van der Waals surface area contributed by atoms with E-state index in [-0.39, 0.29) is 22.5 Å². The van der Waals surface area contributed by atoms with Gasteiger partial charge in [-0.15, -0.1) is 0 Å². The summed E-state index contributed by atoms with van der Waals surface area (Å²) >= 11 is 0. The molecule has 0 saturated carbocycles. The first-order chi connectivity index (χ1) is 11.2. The molecule has 0 amide bonds. The first-order valence-electron chi connectivity index (χ1n) is 6.86. The fraction of sp³-hybridized carbons (Fsp3) is 0.250. The van der Waals surface area contributed by atoms with Crippen molar-refractivity contribution < 1.29 is 26.3 Å². The molecule has 2 aromatic carbocycles. The van der Waals surface area contributed by atoms with Crippen LogP contribution in [-0.2, 0) is 0 Å². The van der Waals surface area contributed by atoms with E-state index in [0.717, 1.165) is 12.1 Å². The predicted molar refractivity (Wildman–Crippen MR) is 80.4 cm³/mol. The average molecular weight is 348 g/mol. The number of hydrogen-bond acceptors (Lipinski definition) is 2. The Hall–Kier alpha value is -2.38. The van der Waals surface area contributed by atoms with Gasteiger partial charge in [0.25, 0.3) is 12.9 Å². The summed E-state index contributed by atoms with van der Waals surface area (Å²) in [5.41, 5.74) is 9.71. The maximum atomic E-state index is 13.9.